The molecule has 0 heterocycles. The summed E-state index contributed by atoms with van der Waals surface area (Å²) in [5.74, 6) is 0.240. The van der Waals surface area contributed by atoms with E-state index in [1.54, 1.807) is 0 Å². The van der Waals surface area contributed by atoms with Crippen molar-refractivity contribution < 1.29 is 21.7 Å². The number of carbonyl (C=O) groups excluding carboxylic acids is 1. The molecule has 0 aliphatic heterocycles. The Kier molecular flexibility index (Phi) is 20.9. The Morgan fingerprint density at radius 2 is 1.12 bits per heavy atom. The quantitative estimate of drug-likeness (QED) is 0.283. The minimum atomic E-state index is 0. The molecule has 0 aromatic rings. The topological polar surface area (TPSA) is 29.1 Å². The molecule has 0 rings (SSSR count). The van der Waals surface area contributed by atoms with Crippen molar-refractivity contribution in [3.8, 4) is 0 Å². The lowest BCUT2D eigenvalue weighted by molar-refractivity contribution is -0.870. The van der Waals surface area contributed by atoms with Gasteiger partial charge in [0.1, 0.15) is 0 Å². The highest BCUT2D eigenvalue weighted by molar-refractivity contribution is 5.75. The first kappa shape index (κ1) is 27.9. The predicted octanol–water partition coefficient (Wildman–Crippen LogP) is 2.68. The summed E-state index contributed by atoms with van der Waals surface area (Å²) < 4.78 is 0.967. The predicted molar refractivity (Wildman–Crippen MR) is 111 cm³/mol. The highest BCUT2D eigenvalue weighted by Crippen LogP contribution is 2.12. The monoisotopic (exact) mass is 390 g/mol. The van der Waals surface area contributed by atoms with Gasteiger partial charge in [-0.25, -0.2) is 0 Å². The lowest BCUT2D eigenvalue weighted by atomic mass is 10.0. The maximum absolute atomic E-state index is 11.8. The van der Waals surface area contributed by atoms with Gasteiger partial charge in [0, 0.05) is 19.4 Å². The lowest BCUT2D eigenvalue weighted by Crippen LogP contribution is -3.00. The van der Waals surface area contributed by atoms with Crippen LogP contribution < -0.4 is 17.7 Å². The number of unbranched alkanes of at least 4 members (excludes halogenated alkanes) is 12. The Morgan fingerprint density at radius 3 is 1.54 bits per heavy atom. The van der Waals surface area contributed by atoms with E-state index in [2.05, 4.69) is 33.4 Å². The molecular formula is C22H47ClN2O. The van der Waals surface area contributed by atoms with E-state index in [1.807, 2.05) is 0 Å². The van der Waals surface area contributed by atoms with Gasteiger partial charge in [0.05, 0.1) is 27.7 Å². The Balaban J connectivity index is 0. The zero-order valence-electron chi connectivity index (χ0n) is 18.3. The van der Waals surface area contributed by atoms with E-state index >= 15 is 0 Å². The van der Waals surface area contributed by atoms with Gasteiger partial charge in [-0.1, -0.05) is 84.0 Å². The molecule has 0 bridgehead atoms. The molecule has 1 N–H and O–H groups in total. The Hall–Kier alpha value is -0.280. The van der Waals surface area contributed by atoms with Gasteiger partial charge in [-0.3, -0.25) is 4.79 Å². The number of nitrogens with zero attached hydrogens (tertiary/aromatic N) is 1. The van der Waals surface area contributed by atoms with Crippen molar-refractivity contribution in [2.45, 2.75) is 103 Å². The number of nitrogens with one attached hydrogen (secondary N) is 1. The Labute approximate surface area is 170 Å². The standard InChI is InChI=1S/C22H46N2O.ClH/c1-5-6-7-8-9-10-11-12-13-14-15-16-17-19-22(25)23-20-18-21-24(2,3)4;/h5-21H2,1-4H3;1H. The highest BCUT2D eigenvalue weighted by atomic mass is 35.5. The molecule has 0 atom stereocenters. The molecule has 0 aromatic carbocycles. The Morgan fingerprint density at radius 1 is 0.692 bits per heavy atom. The maximum Gasteiger partial charge on any atom is 0.219 e. The van der Waals surface area contributed by atoms with Crippen LogP contribution in [0.25, 0.3) is 0 Å². The molecule has 0 saturated carbocycles. The van der Waals surface area contributed by atoms with Gasteiger partial charge in [0.15, 0.2) is 0 Å². The Bertz CT molecular complexity index is 303. The number of hydrogen-bond acceptors (Lipinski definition) is 1. The molecule has 4 heteroatoms. The first-order valence-corrected chi connectivity index (χ1v) is 11.0. The molecule has 0 saturated heterocycles. The van der Waals surface area contributed by atoms with E-state index in [-0.39, 0.29) is 18.3 Å². The number of rotatable bonds is 18. The summed E-state index contributed by atoms with van der Waals surface area (Å²) in [5.41, 5.74) is 0. The van der Waals surface area contributed by atoms with Gasteiger partial charge in [0.2, 0.25) is 5.91 Å². The summed E-state index contributed by atoms with van der Waals surface area (Å²) in [4.78, 5) is 11.8. The van der Waals surface area contributed by atoms with Crippen LogP contribution in [0.4, 0.5) is 0 Å². The number of hydrogen-bond donors (Lipinski definition) is 1. The minimum absolute atomic E-state index is 0. The third-order valence-corrected chi connectivity index (χ3v) is 4.84. The van der Waals surface area contributed by atoms with Crippen LogP contribution in [-0.2, 0) is 4.79 Å². The lowest BCUT2D eigenvalue weighted by Gasteiger charge is -2.23. The van der Waals surface area contributed by atoms with Crippen molar-refractivity contribution in [2.24, 2.45) is 0 Å². The molecule has 1 amide bonds. The van der Waals surface area contributed by atoms with Crippen molar-refractivity contribution in [2.75, 3.05) is 34.2 Å². The van der Waals surface area contributed by atoms with Gasteiger partial charge in [-0.05, 0) is 6.42 Å². The molecule has 0 spiro atoms. The third-order valence-electron chi connectivity index (χ3n) is 4.84. The normalized spacial score (nSPS) is 11.2. The summed E-state index contributed by atoms with van der Waals surface area (Å²) >= 11 is 0. The van der Waals surface area contributed by atoms with Crippen LogP contribution in [0, 0.1) is 0 Å². The second-order valence-electron chi connectivity index (χ2n) is 8.71. The number of halogens is 1. The van der Waals surface area contributed by atoms with Crippen LogP contribution in [-0.4, -0.2) is 44.6 Å². The fourth-order valence-electron chi connectivity index (χ4n) is 3.17. The van der Waals surface area contributed by atoms with Crippen LogP contribution >= 0.6 is 0 Å². The van der Waals surface area contributed by atoms with Gasteiger partial charge in [0.25, 0.3) is 0 Å². The van der Waals surface area contributed by atoms with Crippen LogP contribution in [0.5, 0.6) is 0 Å². The van der Waals surface area contributed by atoms with Gasteiger partial charge < -0.3 is 22.2 Å². The molecule has 158 valence electrons. The number of carbonyl (C=O) groups is 1. The van der Waals surface area contributed by atoms with E-state index in [9.17, 15) is 4.79 Å². The molecule has 0 radical (unpaired) electrons. The van der Waals surface area contributed by atoms with Gasteiger partial charge >= 0.3 is 0 Å². The largest absolute Gasteiger partial charge is 1.00 e. The summed E-state index contributed by atoms with van der Waals surface area (Å²) in [5, 5.41) is 3.05. The number of amides is 1. The molecule has 0 aliphatic rings. The van der Waals surface area contributed by atoms with Gasteiger partial charge in [-0.2, -0.15) is 0 Å². The summed E-state index contributed by atoms with van der Waals surface area (Å²) in [7, 11) is 6.57. The molecule has 0 aliphatic carbocycles. The fourth-order valence-corrected chi connectivity index (χ4v) is 3.17. The van der Waals surface area contributed by atoms with Crippen LogP contribution in [0.15, 0.2) is 0 Å². The maximum atomic E-state index is 11.8. The second-order valence-corrected chi connectivity index (χ2v) is 8.71. The van der Waals surface area contributed by atoms with Crippen molar-refractivity contribution in [3.05, 3.63) is 0 Å². The third kappa shape index (κ3) is 23.7. The van der Waals surface area contributed by atoms with Crippen molar-refractivity contribution >= 4 is 5.91 Å². The summed E-state index contributed by atoms with van der Waals surface area (Å²) in [6.07, 6.45) is 19.4. The van der Waals surface area contributed by atoms with E-state index in [0.29, 0.717) is 6.42 Å². The average molecular weight is 391 g/mol. The van der Waals surface area contributed by atoms with Crippen LogP contribution in [0.1, 0.15) is 103 Å². The van der Waals surface area contributed by atoms with Crippen LogP contribution in [0.3, 0.4) is 0 Å². The summed E-state index contributed by atoms with van der Waals surface area (Å²) in [6, 6.07) is 0. The molecule has 26 heavy (non-hydrogen) atoms. The molecular weight excluding hydrogens is 344 g/mol. The molecule has 0 aromatic heterocycles. The van der Waals surface area contributed by atoms with E-state index in [4.69, 9.17) is 0 Å². The zero-order valence-corrected chi connectivity index (χ0v) is 19.0. The molecule has 3 nitrogen and oxygen atoms in total. The zero-order chi connectivity index (χ0) is 18.8. The molecule has 0 unspecified atom stereocenters. The minimum Gasteiger partial charge on any atom is -1.00 e. The average Bonchev–Trinajstić information content (AvgIpc) is 2.55. The van der Waals surface area contributed by atoms with Crippen LogP contribution in [0.2, 0.25) is 0 Å². The van der Waals surface area contributed by atoms with Gasteiger partial charge in [-0.15, -0.1) is 0 Å². The first-order valence-electron chi connectivity index (χ1n) is 11.0. The first-order chi connectivity index (χ1) is 12.0. The van der Waals surface area contributed by atoms with Crippen molar-refractivity contribution in [1.82, 2.24) is 5.32 Å². The van der Waals surface area contributed by atoms with E-state index < -0.39 is 0 Å². The van der Waals surface area contributed by atoms with E-state index in [0.717, 1.165) is 30.4 Å². The fraction of sp³-hybridized carbons (Fsp3) is 0.955. The second kappa shape index (κ2) is 19.5. The highest BCUT2D eigenvalue weighted by Gasteiger charge is 2.06. The number of quaternary nitrogens is 1. The van der Waals surface area contributed by atoms with Crippen molar-refractivity contribution in [1.29, 1.82) is 0 Å². The molecule has 0 fully saturated rings. The smallest absolute Gasteiger partial charge is 0.219 e. The van der Waals surface area contributed by atoms with E-state index in [1.165, 1.54) is 77.0 Å². The van der Waals surface area contributed by atoms with Crippen molar-refractivity contribution in [3.63, 3.8) is 0 Å². The summed E-state index contributed by atoms with van der Waals surface area (Å²) in [6.45, 7) is 4.21. The SMILES string of the molecule is CCCCCCCCCCCCCCCC(=O)NCCC[N+](C)(C)C.[Cl-].